The van der Waals surface area contributed by atoms with Crippen molar-refractivity contribution >= 4 is 6.09 Å². The highest BCUT2D eigenvalue weighted by molar-refractivity contribution is 5.68. The van der Waals surface area contributed by atoms with Crippen molar-refractivity contribution in [2.75, 3.05) is 6.61 Å². The molecule has 20 heavy (non-hydrogen) atoms. The third-order valence-corrected chi connectivity index (χ3v) is 4.68. The summed E-state index contributed by atoms with van der Waals surface area (Å²) in [4.78, 5) is 12.0. The Morgan fingerprint density at radius 1 is 1.40 bits per heavy atom. The fourth-order valence-corrected chi connectivity index (χ4v) is 3.46. The maximum absolute atomic E-state index is 12.0. The number of fused-ring (bicyclic) bond motifs is 1. The van der Waals surface area contributed by atoms with Crippen LogP contribution in [0.3, 0.4) is 0 Å². The Bertz CT molecular complexity index is 476. The van der Waals surface area contributed by atoms with E-state index in [4.69, 9.17) is 4.74 Å². The summed E-state index contributed by atoms with van der Waals surface area (Å²) in [5, 5.41) is 12.6. The molecule has 3 atom stereocenters. The van der Waals surface area contributed by atoms with Crippen molar-refractivity contribution in [3.63, 3.8) is 0 Å². The zero-order valence-electron chi connectivity index (χ0n) is 11.5. The number of hydrogen-bond donors (Lipinski definition) is 2. The van der Waals surface area contributed by atoms with Gasteiger partial charge in [0.1, 0.15) is 6.61 Å². The van der Waals surface area contributed by atoms with Gasteiger partial charge >= 0.3 is 6.09 Å². The molecular formula is C16H21NO3. The fourth-order valence-electron chi connectivity index (χ4n) is 3.46. The highest BCUT2D eigenvalue weighted by Crippen LogP contribution is 2.54. The fraction of sp³-hybridized carbons (Fsp3) is 0.562. The first-order chi connectivity index (χ1) is 9.73. The van der Waals surface area contributed by atoms with Crippen molar-refractivity contribution < 1.29 is 14.6 Å². The molecule has 1 aromatic carbocycles. The Balaban J connectivity index is 1.55. The molecule has 108 valence electrons. The first-order valence-corrected chi connectivity index (χ1v) is 7.33. The lowest BCUT2D eigenvalue weighted by Gasteiger charge is -2.36. The van der Waals surface area contributed by atoms with E-state index in [0.717, 1.165) is 24.8 Å². The highest BCUT2D eigenvalue weighted by atomic mass is 16.5. The molecule has 2 saturated carbocycles. The number of carbonyl (C=O) groups excluding carboxylic acids is 1. The van der Waals surface area contributed by atoms with Crippen LogP contribution < -0.4 is 5.32 Å². The third kappa shape index (κ3) is 2.66. The summed E-state index contributed by atoms with van der Waals surface area (Å²) in [5.41, 5.74) is 0.519. The molecule has 0 radical (unpaired) electrons. The number of ether oxygens (including phenoxy) is 1. The van der Waals surface area contributed by atoms with Crippen LogP contribution in [0.25, 0.3) is 0 Å². The maximum atomic E-state index is 12.0. The van der Waals surface area contributed by atoms with Crippen LogP contribution in [0.15, 0.2) is 30.3 Å². The first kappa shape index (κ1) is 13.4. The molecule has 0 aromatic heterocycles. The summed E-state index contributed by atoms with van der Waals surface area (Å²) in [7, 11) is 0. The Morgan fingerprint density at radius 2 is 2.20 bits per heavy atom. The second-order valence-electron chi connectivity index (χ2n) is 6.00. The van der Waals surface area contributed by atoms with Crippen molar-refractivity contribution in [1.29, 1.82) is 0 Å². The number of alkyl carbamates (subject to hydrolysis) is 1. The molecule has 3 rings (SSSR count). The van der Waals surface area contributed by atoms with Gasteiger partial charge in [0, 0.05) is 0 Å². The van der Waals surface area contributed by atoms with E-state index in [1.54, 1.807) is 0 Å². The summed E-state index contributed by atoms with van der Waals surface area (Å²) < 4.78 is 5.26. The summed E-state index contributed by atoms with van der Waals surface area (Å²) in [6, 6.07) is 9.61. The van der Waals surface area contributed by atoms with Crippen LogP contribution in [0.4, 0.5) is 4.79 Å². The van der Waals surface area contributed by atoms with Crippen LogP contribution in [-0.4, -0.2) is 23.3 Å². The zero-order chi connectivity index (χ0) is 14.0. The van der Waals surface area contributed by atoms with E-state index in [1.165, 1.54) is 6.42 Å². The lowest BCUT2D eigenvalue weighted by atomic mass is 9.82. The van der Waals surface area contributed by atoms with E-state index in [9.17, 15) is 9.90 Å². The van der Waals surface area contributed by atoms with E-state index >= 15 is 0 Å². The van der Waals surface area contributed by atoms with Crippen molar-refractivity contribution in [1.82, 2.24) is 5.32 Å². The smallest absolute Gasteiger partial charge is 0.407 e. The van der Waals surface area contributed by atoms with Crippen LogP contribution in [-0.2, 0) is 11.3 Å². The average molecular weight is 275 g/mol. The lowest BCUT2D eigenvalue weighted by Crippen LogP contribution is -2.54. The van der Waals surface area contributed by atoms with Crippen molar-refractivity contribution in [2.24, 2.45) is 11.8 Å². The van der Waals surface area contributed by atoms with E-state index in [1.807, 2.05) is 30.3 Å². The van der Waals surface area contributed by atoms with Gasteiger partial charge in [0.2, 0.25) is 0 Å². The van der Waals surface area contributed by atoms with Crippen LogP contribution in [0.5, 0.6) is 0 Å². The molecule has 0 heterocycles. The number of amides is 1. The molecule has 1 aromatic rings. The Labute approximate surface area is 119 Å². The molecule has 4 heteroatoms. The molecule has 2 aliphatic carbocycles. The Morgan fingerprint density at radius 3 is 2.95 bits per heavy atom. The van der Waals surface area contributed by atoms with Gasteiger partial charge in [0.25, 0.3) is 0 Å². The highest BCUT2D eigenvalue weighted by Gasteiger charge is 2.55. The van der Waals surface area contributed by atoms with Gasteiger partial charge in [-0.05, 0) is 36.7 Å². The number of nitrogens with one attached hydrogen (secondary N) is 1. The molecular weight excluding hydrogens is 254 g/mol. The first-order valence-electron chi connectivity index (χ1n) is 7.33. The minimum Gasteiger partial charge on any atom is -0.445 e. The number of benzene rings is 1. The number of carbonyl (C=O) groups is 1. The largest absolute Gasteiger partial charge is 0.445 e. The van der Waals surface area contributed by atoms with Crippen LogP contribution >= 0.6 is 0 Å². The standard InChI is InChI=1S/C16H21NO3/c18-11-16(8-4-7-13-9-14(13)16)17-15(19)20-10-12-5-2-1-3-6-12/h1-3,5-6,13-14,18H,4,7-11H2,(H,17,19). The van der Waals surface area contributed by atoms with E-state index in [2.05, 4.69) is 5.32 Å². The SMILES string of the molecule is O=C(NC1(CO)CCCC2CC21)OCc1ccccc1. The molecule has 3 unspecified atom stereocenters. The average Bonchev–Trinajstić information content (AvgIpc) is 3.27. The van der Waals surface area contributed by atoms with Crippen molar-refractivity contribution in [2.45, 2.75) is 37.8 Å². The molecule has 2 fully saturated rings. The monoisotopic (exact) mass is 275 g/mol. The third-order valence-electron chi connectivity index (χ3n) is 4.68. The minimum absolute atomic E-state index is 0.00854. The molecule has 2 aliphatic rings. The predicted octanol–water partition coefficient (Wildman–Crippen LogP) is 2.46. The lowest BCUT2D eigenvalue weighted by molar-refractivity contribution is 0.0813. The van der Waals surface area contributed by atoms with E-state index in [-0.39, 0.29) is 13.2 Å². The second-order valence-corrected chi connectivity index (χ2v) is 6.00. The summed E-state index contributed by atoms with van der Waals surface area (Å²) in [6.07, 6.45) is 3.86. The number of hydrogen-bond acceptors (Lipinski definition) is 3. The van der Waals surface area contributed by atoms with Gasteiger partial charge in [0.05, 0.1) is 12.1 Å². The Hall–Kier alpha value is -1.55. The predicted molar refractivity (Wildman–Crippen MR) is 75.0 cm³/mol. The minimum atomic E-state index is -0.448. The van der Waals surface area contributed by atoms with Gasteiger partial charge in [-0.1, -0.05) is 36.8 Å². The van der Waals surface area contributed by atoms with Crippen LogP contribution in [0.2, 0.25) is 0 Å². The summed E-state index contributed by atoms with van der Waals surface area (Å²) >= 11 is 0. The molecule has 0 spiro atoms. The Kier molecular flexibility index (Phi) is 3.66. The van der Waals surface area contributed by atoms with E-state index < -0.39 is 11.6 Å². The van der Waals surface area contributed by atoms with Crippen LogP contribution in [0, 0.1) is 11.8 Å². The van der Waals surface area contributed by atoms with Gasteiger partial charge in [0.15, 0.2) is 0 Å². The van der Waals surface area contributed by atoms with Gasteiger partial charge in [-0.2, -0.15) is 0 Å². The topological polar surface area (TPSA) is 58.6 Å². The van der Waals surface area contributed by atoms with Crippen molar-refractivity contribution in [3.8, 4) is 0 Å². The number of aliphatic hydroxyl groups is 1. The zero-order valence-corrected chi connectivity index (χ0v) is 11.5. The van der Waals surface area contributed by atoms with Gasteiger partial charge < -0.3 is 15.2 Å². The molecule has 0 aliphatic heterocycles. The van der Waals surface area contributed by atoms with Gasteiger partial charge in [-0.25, -0.2) is 4.79 Å². The molecule has 1 amide bonds. The second kappa shape index (κ2) is 5.44. The normalized spacial score (nSPS) is 31.2. The number of rotatable bonds is 4. The van der Waals surface area contributed by atoms with Crippen LogP contribution in [0.1, 0.15) is 31.2 Å². The van der Waals surface area contributed by atoms with Gasteiger partial charge in [-0.15, -0.1) is 0 Å². The molecule has 0 bridgehead atoms. The quantitative estimate of drug-likeness (QED) is 0.887. The maximum Gasteiger partial charge on any atom is 0.407 e. The van der Waals surface area contributed by atoms with E-state index in [0.29, 0.717) is 11.8 Å². The van der Waals surface area contributed by atoms with Gasteiger partial charge in [-0.3, -0.25) is 0 Å². The summed E-state index contributed by atoms with van der Waals surface area (Å²) in [6.45, 7) is 0.275. The summed E-state index contributed by atoms with van der Waals surface area (Å²) in [5.74, 6) is 1.12. The van der Waals surface area contributed by atoms with Crippen molar-refractivity contribution in [3.05, 3.63) is 35.9 Å². The molecule has 2 N–H and O–H groups in total. The molecule has 4 nitrogen and oxygen atoms in total. The number of aliphatic hydroxyl groups excluding tert-OH is 1. The molecule has 0 saturated heterocycles.